The molecule has 108 valence electrons. The number of carboxylic acids is 1. The average molecular weight is 285 g/mol. The molecule has 1 aromatic carbocycles. The molecule has 2 bridgehead atoms. The smallest absolute Gasteiger partial charge is 0.416 e. The zero-order chi connectivity index (χ0) is 14.5. The summed E-state index contributed by atoms with van der Waals surface area (Å²) in [5.41, 5.74) is -0.756. The maximum absolute atomic E-state index is 12.7. The summed E-state index contributed by atoms with van der Waals surface area (Å²) >= 11 is 0. The molecule has 2 fully saturated rings. The van der Waals surface area contributed by atoms with E-state index in [1.165, 1.54) is 6.07 Å². The van der Waals surface area contributed by atoms with E-state index in [-0.39, 0.29) is 11.6 Å². The predicted octanol–water partition coefficient (Wildman–Crippen LogP) is 3.39. The van der Waals surface area contributed by atoms with Crippen molar-refractivity contribution in [3.63, 3.8) is 0 Å². The Morgan fingerprint density at radius 1 is 1.30 bits per heavy atom. The SMILES string of the molecule is O=C(O)c1cc(C(F)(F)F)ccc1N1CC2CCC1C2. The average Bonchev–Trinajstić information content (AvgIpc) is 2.99. The normalized spacial score (nSPS) is 25.2. The van der Waals surface area contributed by atoms with Crippen molar-refractivity contribution in [3.8, 4) is 0 Å². The zero-order valence-electron chi connectivity index (χ0n) is 10.7. The summed E-state index contributed by atoms with van der Waals surface area (Å²) in [5, 5.41) is 9.19. The number of halogens is 3. The number of hydrogen-bond donors (Lipinski definition) is 1. The quantitative estimate of drug-likeness (QED) is 0.905. The van der Waals surface area contributed by atoms with Crippen LogP contribution in [0.15, 0.2) is 18.2 Å². The molecule has 0 aromatic heterocycles. The number of piperidine rings is 1. The van der Waals surface area contributed by atoms with Crippen molar-refractivity contribution in [2.24, 2.45) is 5.92 Å². The van der Waals surface area contributed by atoms with Gasteiger partial charge in [0.2, 0.25) is 0 Å². The Kier molecular flexibility index (Phi) is 2.92. The first-order valence-corrected chi connectivity index (χ1v) is 6.57. The van der Waals surface area contributed by atoms with E-state index < -0.39 is 17.7 Å². The molecule has 20 heavy (non-hydrogen) atoms. The number of alkyl halides is 3. The van der Waals surface area contributed by atoms with Crippen LogP contribution in [-0.4, -0.2) is 23.7 Å². The van der Waals surface area contributed by atoms with Crippen LogP contribution in [-0.2, 0) is 6.18 Å². The Bertz CT molecular complexity index is 556. The van der Waals surface area contributed by atoms with Gasteiger partial charge >= 0.3 is 12.1 Å². The van der Waals surface area contributed by atoms with Crippen molar-refractivity contribution in [2.45, 2.75) is 31.5 Å². The van der Waals surface area contributed by atoms with E-state index in [9.17, 15) is 23.1 Å². The zero-order valence-corrected chi connectivity index (χ0v) is 10.7. The number of aromatic carboxylic acids is 1. The molecule has 2 atom stereocenters. The van der Waals surface area contributed by atoms with E-state index >= 15 is 0 Å². The highest BCUT2D eigenvalue weighted by Crippen LogP contribution is 2.42. The molecular formula is C14H14F3NO2. The van der Waals surface area contributed by atoms with Gasteiger partial charge < -0.3 is 10.0 Å². The summed E-state index contributed by atoms with van der Waals surface area (Å²) in [6, 6.07) is 3.28. The topological polar surface area (TPSA) is 40.5 Å². The summed E-state index contributed by atoms with van der Waals surface area (Å²) < 4.78 is 38.1. The number of hydrogen-bond acceptors (Lipinski definition) is 2. The maximum atomic E-state index is 12.7. The van der Waals surface area contributed by atoms with E-state index in [0.717, 1.165) is 37.9 Å². The number of carboxylic acid groups (broad SMARTS) is 1. The van der Waals surface area contributed by atoms with Crippen LogP contribution in [0.25, 0.3) is 0 Å². The molecular weight excluding hydrogens is 271 g/mol. The van der Waals surface area contributed by atoms with Gasteiger partial charge in [0, 0.05) is 12.6 Å². The first-order valence-electron chi connectivity index (χ1n) is 6.57. The molecule has 1 aliphatic carbocycles. The lowest BCUT2D eigenvalue weighted by atomic mass is 10.0. The van der Waals surface area contributed by atoms with Crippen LogP contribution in [0, 0.1) is 5.92 Å². The van der Waals surface area contributed by atoms with Gasteiger partial charge in [-0.15, -0.1) is 0 Å². The molecule has 0 spiro atoms. The van der Waals surface area contributed by atoms with Gasteiger partial charge in [-0.3, -0.25) is 0 Å². The van der Waals surface area contributed by atoms with Gasteiger partial charge in [0.25, 0.3) is 0 Å². The lowest BCUT2D eigenvalue weighted by Crippen LogP contribution is -2.33. The summed E-state index contributed by atoms with van der Waals surface area (Å²) in [6.45, 7) is 0.746. The fraction of sp³-hybridized carbons (Fsp3) is 0.500. The van der Waals surface area contributed by atoms with Gasteiger partial charge in [0.1, 0.15) is 0 Å². The highest BCUT2D eigenvalue weighted by molar-refractivity contribution is 5.95. The standard InChI is InChI=1S/C14H14F3NO2/c15-14(16,17)9-2-4-12(11(6-9)13(19)20)18-7-8-1-3-10(18)5-8/h2,4,6,8,10H,1,3,5,7H2,(H,19,20). The van der Waals surface area contributed by atoms with Crippen molar-refractivity contribution < 1.29 is 23.1 Å². The fourth-order valence-corrected chi connectivity index (χ4v) is 3.35. The van der Waals surface area contributed by atoms with E-state index in [1.54, 1.807) is 0 Å². The second-order valence-corrected chi connectivity index (χ2v) is 5.52. The lowest BCUT2D eigenvalue weighted by molar-refractivity contribution is -0.137. The minimum absolute atomic E-state index is 0.257. The van der Waals surface area contributed by atoms with E-state index in [0.29, 0.717) is 11.6 Å². The second kappa shape index (κ2) is 4.40. The summed E-state index contributed by atoms with van der Waals surface area (Å²) in [7, 11) is 0. The molecule has 0 radical (unpaired) electrons. The van der Waals surface area contributed by atoms with Crippen LogP contribution in [0.3, 0.4) is 0 Å². The fourth-order valence-electron chi connectivity index (χ4n) is 3.35. The molecule has 3 rings (SSSR count). The van der Waals surface area contributed by atoms with Crippen LogP contribution < -0.4 is 4.90 Å². The van der Waals surface area contributed by atoms with Crippen molar-refractivity contribution in [2.75, 3.05) is 11.4 Å². The minimum Gasteiger partial charge on any atom is -0.478 e. The van der Waals surface area contributed by atoms with Crippen molar-refractivity contribution >= 4 is 11.7 Å². The third-order valence-corrected chi connectivity index (χ3v) is 4.27. The molecule has 1 saturated heterocycles. The van der Waals surface area contributed by atoms with E-state index in [4.69, 9.17) is 0 Å². The Morgan fingerprint density at radius 3 is 2.55 bits per heavy atom. The predicted molar refractivity (Wildman–Crippen MR) is 66.9 cm³/mol. The summed E-state index contributed by atoms with van der Waals surface area (Å²) in [5.74, 6) is -0.766. The molecule has 2 unspecified atom stereocenters. The van der Waals surface area contributed by atoms with Crippen LogP contribution >= 0.6 is 0 Å². The van der Waals surface area contributed by atoms with Crippen molar-refractivity contribution in [1.82, 2.24) is 0 Å². The van der Waals surface area contributed by atoms with Gasteiger partial charge in [-0.25, -0.2) is 4.79 Å². The molecule has 6 heteroatoms. The lowest BCUT2D eigenvalue weighted by Gasteiger charge is -2.30. The Labute approximate surface area is 114 Å². The summed E-state index contributed by atoms with van der Waals surface area (Å²) in [4.78, 5) is 13.2. The van der Waals surface area contributed by atoms with E-state index in [2.05, 4.69) is 0 Å². The highest BCUT2D eigenvalue weighted by atomic mass is 19.4. The molecule has 1 N–H and O–H groups in total. The molecule has 1 aromatic rings. The first kappa shape index (κ1) is 13.3. The number of rotatable bonds is 2. The summed E-state index contributed by atoms with van der Waals surface area (Å²) in [6.07, 6.45) is -1.39. The van der Waals surface area contributed by atoms with Crippen LogP contribution in [0.2, 0.25) is 0 Å². The van der Waals surface area contributed by atoms with Gasteiger partial charge in [0.15, 0.2) is 0 Å². The number of fused-ring (bicyclic) bond motifs is 2. The third kappa shape index (κ3) is 2.13. The third-order valence-electron chi connectivity index (χ3n) is 4.27. The first-order chi connectivity index (χ1) is 9.36. The van der Waals surface area contributed by atoms with Gasteiger partial charge in [-0.1, -0.05) is 0 Å². The number of carbonyl (C=O) groups is 1. The highest BCUT2D eigenvalue weighted by Gasteiger charge is 2.40. The minimum atomic E-state index is -4.52. The molecule has 0 amide bonds. The van der Waals surface area contributed by atoms with Gasteiger partial charge in [-0.2, -0.15) is 13.2 Å². The molecule has 1 saturated carbocycles. The molecule has 1 aliphatic heterocycles. The second-order valence-electron chi connectivity index (χ2n) is 5.52. The van der Waals surface area contributed by atoms with Crippen LogP contribution in [0.5, 0.6) is 0 Å². The van der Waals surface area contributed by atoms with Crippen molar-refractivity contribution in [3.05, 3.63) is 29.3 Å². The maximum Gasteiger partial charge on any atom is 0.416 e. The van der Waals surface area contributed by atoms with Gasteiger partial charge in [-0.05, 0) is 43.4 Å². The Hall–Kier alpha value is -1.72. The number of nitrogens with zero attached hydrogens (tertiary/aromatic N) is 1. The Balaban J connectivity index is 2.01. The van der Waals surface area contributed by atoms with Crippen molar-refractivity contribution in [1.29, 1.82) is 0 Å². The molecule has 3 nitrogen and oxygen atoms in total. The molecule has 1 heterocycles. The number of benzene rings is 1. The largest absolute Gasteiger partial charge is 0.478 e. The number of anilines is 1. The van der Waals surface area contributed by atoms with Gasteiger partial charge in [0.05, 0.1) is 16.8 Å². The van der Waals surface area contributed by atoms with Crippen LogP contribution in [0.1, 0.15) is 35.2 Å². The monoisotopic (exact) mass is 285 g/mol. The van der Waals surface area contributed by atoms with Crippen LogP contribution in [0.4, 0.5) is 18.9 Å². The van der Waals surface area contributed by atoms with E-state index in [1.807, 2.05) is 4.90 Å². The molecule has 2 aliphatic rings. The Morgan fingerprint density at radius 2 is 2.05 bits per heavy atom.